The number of nitrogens with zero attached hydrogens (tertiary/aromatic N) is 3. The first-order chi connectivity index (χ1) is 12.2. The quantitative estimate of drug-likeness (QED) is 0.731. The van der Waals surface area contributed by atoms with E-state index in [-0.39, 0.29) is 11.9 Å². The molecule has 0 spiro atoms. The molecule has 1 aromatic carbocycles. The van der Waals surface area contributed by atoms with E-state index in [0.717, 1.165) is 41.8 Å². The molecular formula is C19H19N3O3. The molecule has 1 atom stereocenters. The highest BCUT2D eigenvalue weighted by molar-refractivity contribution is 5.97. The number of likely N-dealkylation sites (tertiary alicyclic amines) is 1. The number of pyridine rings is 1. The van der Waals surface area contributed by atoms with Crippen LogP contribution in [0.2, 0.25) is 0 Å². The Morgan fingerprint density at radius 3 is 3.08 bits per heavy atom. The summed E-state index contributed by atoms with van der Waals surface area (Å²) in [6, 6.07) is 9.80. The van der Waals surface area contributed by atoms with Crippen LogP contribution in [0.25, 0.3) is 11.1 Å². The van der Waals surface area contributed by atoms with E-state index in [1.165, 1.54) is 0 Å². The first kappa shape index (κ1) is 15.6. The first-order valence-electron chi connectivity index (χ1n) is 8.34. The van der Waals surface area contributed by atoms with Crippen molar-refractivity contribution in [2.24, 2.45) is 0 Å². The summed E-state index contributed by atoms with van der Waals surface area (Å²) in [5.41, 5.74) is 2.86. The van der Waals surface area contributed by atoms with Gasteiger partial charge in [0.1, 0.15) is 5.75 Å². The second kappa shape index (κ2) is 6.20. The molecular weight excluding hydrogens is 318 g/mol. The molecule has 1 saturated heterocycles. The van der Waals surface area contributed by atoms with Crippen LogP contribution in [0.15, 0.2) is 41.1 Å². The van der Waals surface area contributed by atoms with E-state index in [1.807, 2.05) is 42.2 Å². The average Bonchev–Trinajstić information content (AvgIpc) is 3.28. The smallest absolute Gasteiger partial charge is 0.257 e. The molecule has 0 N–H and O–H groups in total. The Hall–Kier alpha value is -2.89. The highest BCUT2D eigenvalue weighted by Crippen LogP contribution is 2.34. The molecule has 0 bridgehead atoms. The summed E-state index contributed by atoms with van der Waals surface area (Å²) >= 11 is 0. The fourth-order valence-electron chi connectivity index (χ4n) is 3.43. The number of fused-ring (bicyclic) bond motifs is 1. The van der Waals surface area contributed by atoms with Crippen LogP contribution in [0, 0.1) is 6.92 Å². The molecule has 25 heavy (non-hydrogen) atoms. The third-order valence-electron chi connectivity index (χ3n) is 4.75. The van der Waals surface area contributed by atoms with E-state index in [0.29, 0.717) is 11.3 Å². The van der Waals surface area contributed by atoms with Gasteiger partial charge in [0, 0.05) is 12.7 Å². The average molecular weight is 337 g/mol. The van der Waals surface area contributed by atoms with Gasteiger partial charge in [-0.2, -0.15) is 0 Å². The molecule has 0 radical (unpaired) electrons. The molecule has 1 amide bonds. The maximum Gasteiger partial charge on any atom is 0.257 e. The predicted molar refractivity (Wildman–Crippen MR) is 92.5 cm³/mol. The van der Waals surface area contributed by atoms with Crippen molar-refractivity contribution in [3.63, 3.8) is 0 Å². The van der Waals surface area contributed by atoms with E-state index in [4.69, 9.17) is 9.26 Å². The van der Waals surface area contributed by atoms with Crippen LogP contribution in [-0.2, 0) is 0 Å². The summed E-state index contributed by atoms with van der Waals surface area (Å²) in [6.07, 6.45) is 3.49. The zero-order valence-corrected chi connectivity index (χ0v) is 14.2. The van der Waals surface area contributed by atoms with E-state index >= 15 is 0 Å². The maximum atomic E-state index is 13.1. The van der Waals surface area contributed by atoms with Gasteiger partial charge in [0.25, 0.3) is 11.6 Å². The summed E-state index contributed by atoms with van der Waals surface area (Å²) in [5.74, 6) is 0.792. The Morgan fingerprint density at radius 1 is 1.36 bits per heavy atom. The number of aryl methyl sites for hydroxylation is 1. The first-order valence-corrected chi connectivity index (χ1v) is 8.34. The normalized spacial score (nSPS) is 17.2. The molecule has 6 heteroatoms. The lowest BCUT2D eigenvalue weighted by molar-refractivity contribution is 0.0735. The van der Waals surface area contributed by atoms with Crippen molar-refractivity contribution in [3.05, 3.63) is 53.3 Å². The highest BCUT2D eigenvalue weighted by Gasteiger charge is 2.31. The van der Waals surface area contributed by atoms with Crippen molar-refractivity contribution < 1.29 is 14.1 Å². The minimum atomic E-state index is -0.0136. The molecule has 6 nitrogen and oxygen atoms in total. The molecule has 128 valence electrons. The molecule has 1 aliphatic rings. The third kappa shape index (κ3) is 2.73. The van der Waals surface area contributed by atoms with Gasteiger partial charge in [0.15, 0.2) is 0 Å². The van der Waals surface area contributed by atoms with Crippen molar-refractivity contribution in [2.75, 3.05) is 13.7 Å². The van der Waals surface area contributed by atoms with Gasteiger partial charge in [-0.3, -0.25) is 4.79 Å². The largest absolute Gasteiger partial charge is 0.497 e. The van der Waals surface area contributed by atoms with Gasteiger partial charge in [-0.15, -0.1) is 0 Å². The lowest BCUT2D eigenvalue weighted by Gasteiger charge is -2.25. The summed E-state index contributed by atoms with van der Waals surface area (Å²) in [4.78, 5) is 19.2. The molecule has 3 aromatic rings. The summed E-state index contributed by atoms with van der Waals surface area (Å²) < 4.78 is 10.4. The van der Waals surface area contributed by atoms with E-state index in [1.54, 1.807) is 13.3 Å². The molecule has 0 unspecified atom stereocenters. The van der Waals surface area contributed by atoms with E-state index in [9.17, 15) is 4.79 Å². The molecule has 2 aromatic heterocycles. The molecule has 0 aliphatic carbocycles. The van der Waals surface area contributed by atoms with Crippen molar-refractivity contribution in [3.8, 4) is 5.75 Å². The van der Waals surface area contributed by atoms with Gasteiger partial charge in [0.05, 0.1) is 29.8 Å². The number of carbonyl (C=O) groups is 1. The Kier molecular flexibility index (Phi) is 3.87. The number of methoxy groups -OCH3 is 1. The second-order valence-corrected chi connectivity index (χ2v) is 6.28. The van der Waals surface area contributed by atoms with Crippen LogP contribution in [0.5, 0.6) is 5.75 Å². The number of benzene rings is 1. The van der Waals surface area contributed by atoms with Gasteiger partial charge in [-0.25, -0.2) is 4.98 Å². The van der Waals surface area contributed by atoms with Crippen LogP contribution in [-0.4, -0.2) is 34.6 Å². The number of amides is 1. The van der Waals surface area contributed by atoms with Crippen LogP contribution < -0.4 is 4.74 Å². The Morgan fingerprint density at radius 2 is 2.24 bits per heavy atom. The van der Waals surface area contributed by atoms with Crippen molar-refractivity contribution in [2.45, 2.75) is 25.8 Å². The van der Waals surface area contributed by atoms with Gasteiger partial charge < -0.3 is 14.2 Å². The number of ether oxygens (including phenoxy) is 1. The minimum absolute atomic E-state index is 0.0136. The fraction of sp³-hybridized carbons (Fsp3) is 0.316. The molecule has 4 rings (SSSR count). The van der Waals surface area contributed by atoms with Gasteiger partial charge in [-0.05, 0) is 43.5 Å². The highest BCUT2D eigenvalue weighted by atomic mass is 16.5. The van der Waals surface area contributed by atoms with Gasteiger partial charge in [0.2, 0.25) is 0 Å². The minimum Gasteiger partial charge on any atom is -0.497 e. The standard InChI is InChI=1S/C19H19N3O3/c1-12-16-10-14(11-20-18(16)25-21-12)19(23)22-8-4-7-17(22)13-5-3-6-15(9-13)24-2/h3,5-6,9-11,17H,4,7-8H2,1-2H3/t17-/m1/s1. The van der Waals surface area contributed by atoms with Crippen molar-refractivity contribution in [1.82, 2.24) is 15.0 Å². The lowest BCUT2D eigenvalue weighted by atomic mass is 10.0. The topological polar surface area (TPSA) is 68.5 Å². The lowest BCUT2D eigenvalue weighted by Crippen LogP contribution is -2.30. The molecule has 0 saturated carbocycles. The number of hydrogen-bond acceptors (Lipinski definition) is 5. The summed E-state index contributed by atoms with van der Waals surface area (Å²) in [7, 11) is 1.65. The van der Waals surface area contributed by atoms with Gasteiger partial charge in [-0.1, -0.05) is 17.3 Å². The van der Waals surface area contributed by atoms with E-state index in [2.05, 4.69) is 10.1 Å². The summed E-state index contributed by atoms with van der Waals surface area (Å²) in [5, 5.41) is 4.68. The monoisotopic (exact) mass is 337 g/mol. The van der Waals surface area contributed by atoms with Crippen LogP contribution in [0.1, 0.15) is 40.5 Å². The number of hydrogen-bond donors (Lipinski definition) is 0. The van der Waals surface area contributed by atoms with Crippen LogP contribution >= 0.6 is 0 Å². The zero-order chi connectivity index (χ0) is 17.4. The Labute approximate surface area is 145 Å². The second-order valence-electron chi connectivity index (χ2n) is 6.28. The SMILES string of the molecule is COc1cccc([C@H]2CCCN2C(=O)c2cnc3onc(C)c3c2)c1. The number of aromatic nitrogens is 2. The van der Waals surface area contributed by atoms with Crippen LogP contribution in [0.3, 0.4) is 0 Å². The van der Waals surface area contributed by atoms with Gasteiger partial charge >= 0.3 is 0 Å². The van der Waals surface area contributed by atoms with Crippen LogP contribution in [0.4, 0.5) is 0 Å². The molecule has 3 heterocycles. The van der Waals surface area contributed by atoms with Crippen molar-refractivity contribution >= 4 is 17.0 Å². The Balaban J connectivity index is 1.66. The fourth-order valence-corrected chi connectivity index (χ4v) is 3.43. The van der Waals surface area contributed by atoms with Crippen molar-refractivity contribution in [1.29, 1.82) is 0 Å². The van der Waals surface area contributed by atoms with E-state index < -0.39 is 0 Å². The zero-order valence-electron chi connectivity index (χ0n) is 14.2. The maximum absolute atomic E-state index is 13.1. The third-order valence-corrected chi connectivity index (χ3v) is 4.75. The summed E-state index contributed by atoms with van der Waals surface area (Å²) in [6.45, 7) is 2.58. The molecule has 1 fully saturated rings. The Bertz CT molecular complexity index is 935. The number of rotatable bonds is 3. The number of carbonyl (C=O) groups excluding carboxylic acids is 1. The predicted octanol–water partition coefficient (Wildman–Crippen LogP) is 3.52. The molecule has 1 aliphatic heterocycles.